The molecule has 132 valence electrons. The maximum atomic E-state index is 12.4. The summed E-state index contributed by atoms with van der Waals surface area (Å²) in [6.07, 6.45) is 0.382. The van der Waals surface area contributed by atoms with Crippen molar-refractivity contribution in [3.63, 3.8) is 0 Å². The van der Waals surface area contributed by atoms with E-state index in [1.807, 2.05) is 0 Å². The van der Waals surface area contributed by atoms with Crippen LogP contribution in [0.2, 0.25) is 0 Å². The average molecular weight is 420 g/mol. The van der Waals surface area contributed by atoms with Gasteiger partial charge in [0.2, 0.25) is 21.7 Å². The van der Waals surface area contributed by atoms with E-state index in [1.165, 1.54) is 14.0 Å². The number of methoxy groups -OCH3 is 1. The number of aliphatic hydroxyl groups excluding tert-OH is 1. The Morgan fingerprint density at radius 2 is 1.96 bits per heavy atom. The Balaban J connectivity index is 2.24. The number of sulfonamides is 1. The summed E-state index contributed by atoms with van der Waals surface area (Å²) in [5, 5.41) is 10.5. The molecule has 1 aromatic carbocycles. The standard InChI is InChI=1S/C15H18BrNO6S/c1-15(10-4-6-11(22-2)7-5-10)13(19)12(18)14(23-15)17-24(20,21)9-3-8-16/h4-7,17-18H,3,8-9H2,1-2H3. The van der Waals surface area contributed by atoms with Gasteiger partial charge in [0.25, 0.3) is 5.78 Å². The lowest BCUT2D eigenvalue weighted by molar-refractivity contribution is -0.131. The summed E-state index contributed by atoms with van der Waals surface area (Å²) < 4.78 is 36.6. The Labute approximate surface area is 148 Å². The Morgan fingerprint density at radius 3 is 2.50 bits per heavy atom. The van der Waals surface area contributed by atoms with Gasteiger partial charge in [-0.05, 0) is 25.5 Å². The molecule has 2 N–H and O–H groups in total. The number of carbonyl (C=O) groups is 1. The number of alkyl halides is 1. The molecule has 9 heteroatoms. The minimum absolute atomic E-state index is 0.161. The lowest BCUT2D eigenvalue weighted by atomic mass is 9.91. The number of hydrogen-bond donors (Lipinski definition) is 2. The van der Waals surface area contributed by atoms with E-state index in [2.05, 4.69) is 20.7 Å². The summed E-state index contributed by atoms with van der Waals surface area (Å²) >= 11 is 3.15. The van der Waals surface area contributed by atoms with Crippen LogP contribution in [0.3, 0.4) is 0 Å². The van der Waals surface area contributed by atoms with Gasteiger partial charge in [0.05, 0.1) is 12.9 Å². The van der Waals surface area contributed by atoms with Crippen molar-refractivity contribution in [1.29, 1.82) is 0 Å². The van der Waals surface area contributed by atoms with E-state index in [1.54, 1.807) is 24.3 Å². The van der Waals surface area contributed by atoms with Gasteiger partial charge in [-0.15, -0.1) is 0 Å². The van der Waals surface area contributed by atoms with Gasteiger partial charge in [0.15, 0.2) is 5.60 Å². The monoisotopic (exact) mass is 419 g/mol. The Kier molecular flexibility index (Phi) is 5.44. The first-order chi connectivity index (χ1) is 11.2. The number of rotatable bonds is 7. The number of halogens is 1. The van der Waals surface area contributed by atoms with Crippen molar-refractivity contribution in [2.45, 2.75) is 18.9 Å². The van der Waals surface area contributed by atoms with Crippen molar-refractivity contribution >= 4 is 31.7 Å². The molecule has 1 aliphatic heterocycles. The summed E-state index contributed by atoms with van der Waals surface area (Å²) in [7, 11) is -2.21. The smallest absolute Gasteiger partial charge is 0.250 e. The molecule has 1 aliphatic rings. The zero-order chi connectivity index (χ0) is 18.0. The zero-order valence-electron chi connectivity index (χ0n) is 13.2. The van der Waals surface area contributed by atoms with Gasteiger partial charge < -0.3 is 14.6 Å². The predicted octanol–water partition coefficient (Wildman–Crippen LogP) is 1.94. The fraction of sp³-hybridized carbons (Fsp3) is 0.400. The summed E-state index contributed by atoms with van der Waals surface area (Å²) in [4.78, 5) is 12.4. The first-order valence-corrected chi connectivity index (χ1v) is 9.89. The molecule has 0 aliphatic carbocycles. The molecule has 7 nitrogen and oxygen atoms in total. The van der Waals surface area contributed by atoms with E-state index >= 15 is 0 Å². The van der Waals surface area contributed by atoms with E-state index in [4.69, 9.17) is 9.47 Å². The molecule has 0 bridgehead atoms. The number of ether oxygens (including phenoxy) is 2. The fourth-order valence-electron chi connectivity index (χ4n) is 2.23. The second-order valence-corrected chi connectivity index (χ2v) is 7.97. The highest BCUT2D eigenvalue weighted by atomic mass is 79.9. The van der Waals surface area contributed by atoms with Gasteiger partial charge in [-0.25, -0.2) is 8.42 Å². The van der Waals surface area contributed by atoms with Gasteiger partial charge in [-0.1, -0.05) is 28.1 Å². The van der Waals surface area contributed by atoms with Crippen LogP contribution in [0.1, 0.15) is 18.9 Å². The van der Waals surface area contributed by atoms with Crippen molar-refractivity contribution in [2.75, 3.05) is 18.2 Å². The third kappa shape index (κ3) is 3.67. The van der Waals surface area contributed by atoms with Crippen molar-refractivity contribution in [2.24, 2.45) is 0 Å². The molecular formula is C15H18BrNO6S. The fourth-order valence-corrected chi connectivity index (χ4v) is 3.93. The lowest BCUT2D eigenvalue weighted by Gasteiger charge is -2.23. The molecule has 0 radical (unpaired) electrons. The quantitative estimate of drug-likeness (QED) is 0.654. The topological polar surface area (TPSA) is 102 Å². The number of ketones is 1. The minimum atomic E-state index is -3.72. The molecule has 1 unspecified atom stereocenters. The molecule has 1 atom stereocenters. The molecule has 1 heterocycles. The number of aliphatic hydroxyl groups is 1. The molecule has 24 heavy (non-hydrogen) atoms. The zero-order valence-corrected chi connectivity index (χ0v) is 15.6. The SMILES string of the molecule is COc1ccc(C2(C)OC(NS(=O)(=O)CCCBr)=C(O)C2=O)cc1. The van der Waals surface area contributed by atoms with Crippen LogP contribution in [0.4, 0.5) is 0 Å². The second kappa shape index (κ2) is 7.02. The summed E-state index contributed by atoms with van der Waals surface area (Å²) in [6, 6.07) is 6.53. The molecular weight excluding hydrogens is 402 g/mol. The summed E-state index contributed by atoms with van der Waals surface area (Å²) in [5.41, 5.74) is -1.04. The van der Waals surface area contributed by atoms with E-state index in [-0.39, 0.29) is 5.75 Å². The van der Waals surface area contributed by atoms with Gasteiger partial charge in [-0.2, -0.15) is 0 Å². The number of carbonyl (C=O) groups excluding carboxylic acids is 1. The van der Waals surface area contributed by atoms with Crippen molar-refractivity contribution in [3.05, 3.63) is 41.5 Å². The third-order valence-electron chi connectivity index (χ3n) is 3.61. The number of benzene rings is 1. The number of hydrogen-bond acceptors (Lipinski definition) is 6. The number of nitrogens with one attached hydrogen (secondary N) is 1. The maximum absolute atomic E-state index is 12.4. The van der Waals surface area contributed by atoms with Crippen LogP contribution in [0, 0.1) is 0 Å². The highest BCUT2D eigenvalue weighted by Crippen LogP contribution is 2.37. The molecule has 2 rings (SSSR count). The van der Waals surface area contributed by atoms with E-state index < -0.39 is 33.0 Å². The van der Waals surface area contributed by atoms with Crippen molar-refractivity contribution < 1.29 is 27.8 Å². The highest BCUT2D eigenvalue weighted by molar-refractivity contribution is 9.09. The minimum Gasteiger partial charge on any atom is -0.501 e. The lowest BCUT2D eigenvalue weighted by Crippen LogP contribution is -2.32. The third-order valence-corrected chi connectivity index (χ3v) is 5.49. The van der Waals surface area contributed by atoms with Crippen LogP contribution in [0.15, 0.2) is 35.9 Å². The molecule has 0 saturated carbocycles. The van der Waals surface area contributed by atoms with Crippen LogP contribution >= 0.6 is 15.9 Å². The summed E-state index contributed by atoms with van der Waals surface area (Å²) in [6.45, 7) is 1.47. The Hall–Kier alpha value is -1.74. The van der Waals surface area contributed by atoms with Crippen LogP contribution in [0.5, 0.6) is 5.75 Å². The first kappa shape index (κ1) is 18.6. The van der Waals surface area contributed by atoms with Crippen LogP contribution < -0.4 is 9.46 Å². The van der Waals surface area contributed by atoms with Crippen molar-refractivity contribution in [3.8, 4) is 5.75 Å². The molecule has 0 amide bonds. The van der Waals surface area contributed by atoms with Crippen LogP contribution in [-0.4, -0.2) is 37.5 Å². The number of Topliss-reactive ketones (excluding diaryl/α,β-unsaturated/α-hetero) is 1. The molecule has 1 aromatic rings. The largest absolute Gasteiger partial charge is 0.501 e. The Morgan fingerprint density at radius 1 is 1.33 bits per heavy atom. The molecule has 0 saturated heterocycles. The average Bonchev–Trinajstić information content (AvgIpc) is 2.77. The molecule has 0 spiro atoms. The van der Waals surface area contributed by atoms with E-state index in [0.29, 0.717) is 23.1 Å². The van der Waals surface area contributed by atoms with Crippen LogP contribution in [-0.2, 0) is 25.2 Å². The van der Waals surface area contributed by atoms with Gasteiger partial charge in [0.1, 0.15) is 5.75 Å². The second-order valence-electron chi connectivity index (χ2n) is 5.33. The normalized spacial score (nSPS) is 20.9. The predicted molar refractivity (Wildman–Crippen MR) is 91.4 cm³/mol. The first-order valence-electron chi connectivity index (χ1n) is 7.11. The van der Waals surface area contributed by atoms with Gasteiger partial charge >= 0.3 is 0 Å². The molecule has 0 aromatic heterocycles. The van der Waals surface area contributed by atoms with Crippen molar-refractivity contribution in [1.82, 2.24) is 4.72 Å². The summed E-state index contributed by atoms with van der Waals surface area (Å²) in [5.74, 6) is -1.47. The maximum Gasteiger partial charge on any atom is 0.250 e. The Bertz CT molecular complexity index is 759. The highest BCUT2D eigenvalue weighted by Gasteiger charge is 2.48. The van der Waals surface area contributed by atoms with E-state index in [0.717, 1.165) is 0 Å². The van der Waals surface area contributed by atoms with Gasteiger partial charge in [-0.3, -0.25) is 9.52 Å². The van der Waals surface area contributed by atoms with Crippen LogP contribution in [0.25, 0.3) is 0 Å². The molecule has 0 fully saturated rings. The van der Waals surface area contributed by atoms with E-state index in [9.17, 15) is 18.3 Å². The van der Waals surface area contributed by atoms with Gasteiger partial charge in [0, 0.05) is 10.9 Å².